The van der Waals surface area contributed by atoms with Gasteiger partial charge in [-0.3, -0.25) is 0 Å². The first-order valence-corrected chi connectivity index (χ1v) is 7.33. The number of hydrogen-bond donors (Lipinski definition) is 1. The van der Waals surface area contributed by atoms with Crippen molar-refractivity contribution in [3.63, 3.8) is 0 Å². The van der Waals surface area contributed by atoms with E-state index in [2.05, 4.69) is 47.3 Å². The molecular formula is C17H24N2O. The Hall–Kier alpha value is -1.90. The van der Waals surface area contributed by atoms with E-state index in [1.807, 2.05) is 26.0 Å². The van der Waals surface area contributed by atoms with Crippen LogP contribution in [0.4, 0.5) is 5.69 Å². The second-order valence-electron chi connectivity index (χ2n) is 5.24. The van der Waals surface area contributed by atoms with E-state index in [1.165, 1.54) is 5.69 Å². The standard InChI is InChI=1S/C17H24N2O/c1-4-11-19-12-5-6-16(19)13-18-15-7-9-17(10-8-15)20-14(2)3/h5-10,12,14,18H,4,11,13H2,1-3H3. The molecule has 0 atom stereocenters. The summed E-state index contributed by atoms with van der Waals surface area (Å²) in [6.07, 6.45) is 3.51. The number of aromatic nitrogens is 1. The van der Waals surface area contributed by atoms with Gasteiger partial charge in [-0.05, 0) is 56.7 Å². The summed E-state index contributed by atoms with van der Waals surface area (Å²) in [5.41, 5.74) is 2.43. The van der Waals surface area contributed by atoms with Crippen LogP contribution in [0, 0.1) is 0 Å². The van der Waals surface area contributed by atoms with Crippen molar-refractivity contribution in [1.29, 1.82) is 0 Å². The van der Waals surface area contributed by atoms with E-state index in [1.54, 1.807) is 0 Å². The second kappa shape index (κ2) is 7.04. The number of ether oxygens (including phenoxy) is 1. The molecule has 3 heteroatoms. The first-order chi connectivity index (χ1) is 9.69. The van der Waals surface area contributed by atoms with E-state index in [9.17, 15) is 0 Å². The summed E-state index contributed by atoms with van der Waals surface area (Å²) in [6.45, 7) is 8.19. The summed E-state index contributed by atoms with van der Waals surface area (Å²) in [4.78, 5) is 0. The normalized spacial score (nSPS) is 10.8. The molecule has 0 bridgehead atoms. The Labute approximate surface area is 121 Å². The van der Waals surface area contributed by atoms with Gasteiger partial charge >= 0.3 is 0 Å². The lowest BCUT2D eigenvalue weighted by Gasteiger charge is -2.12. The molecule has 0 fully saturated rings. The minimum Gasteiger partial charge on any atom is -0.491 e. The monoisotopic (exact) mass is 272 g/mol. The molecule has 108 valence electrons. The molecule has 1 N–H and O–H groups in total. The van der Waals surface area contributed by atoms with Crippen molar-refractivity contribution in [2.45, 2.75) is 46.4 Å². The average molecular weight is 272 g/mol. The van der Waals surface area contributed by atoms with Crippen molar-refractivity contribution in [2.75, 3.05) is 5.32 Å². The molecule has 3 nitrogen and oxygen atoms in total. The first-order valence-electron chi connectivity index (χ1n) is 7.33. The highest BCUT2D eigenvalue weighted by Gasteiger charge is 2.01. The minimum absolute atomic E-state index is 0.214. The van der Waals surface area contributed by atoms with Crippen LogP contribution in [0.25, 0.3) is 0 Å². The maximum atomic E-state index is 5.64. The maximum absolute atomic E-state index is 5.64. The molecular weight excluding hydrogens is 248 g/mol. The van der Waals surface area contributed by atoms with E-state index in [4.69, 9.17) is 4.74 Å². The van der Waals surface area contributed by atoms with E-state index in [0.717, 1.165) is 30.9 Å². The molecule has 20 heavy (non-hydrogen) atoms. The number of rotatable bonds is 7. The van der Waals surface area contributed by atoms with Crippen molar-refractivity contribution in [2.24, 2.45) is 0 Å². The molecule has 0 unspecified atom stereocenters. The number of anilines is 1. The Morgan fingerprint density at radius 3 is 2.55 bits per heavy atom. The van der Waals surface area contributed by atoms with Gasteiger partial charge in [0.25, 0.3) is 0 Å². The average Bonchev–Trinajstić information content (AvgIpc) is 2.85. The zero-order chi connectivity index (χ0) is 14.4. The Morgan fingerprint density at radius 1 is 1.15 bits per heavy atom. The summed E-state index contributed by atoms with van der Waals surface area (Å²) in [6, 6.07) is 12.4. The Bertz CT molecular complexity index is 514. The highest BCUT2D eigenvalue weighted by atomic mass is 16.5. The Morgan fingerprint density at radius 2 is 1.90 bits per heavy atom. The molecule has 0 spiro atoms. The smallest absolute Gasteiger partial charge is 0.119 e. The van der Waals surface area contributed by atoms with Crippen LogP contribution in [0.15, 0.2) is 42.6 Å². The summed E-state index contributed by atoms with van der Waals surface area (Å²) in [5.74, 6) is 0.917. The van der Waals surface area contributed by atoms with Gasteiger partial charge in [0, 0.05) is 24.1 Å². The highest BCUT2D eigenvalue weighted by molar-refractivity contribution is 5.46. The van der Waals surface area contributed by atoms with Crippen LogP contribution < -0.4 is 10.1 Å². The summed E-state index contributed by atoms with van der Waals surface area (Å²) in [7, 11) is 0. The fourth-order valence-electron chi connectivity index (χ4n) is 2.19. The van der Waals surface area contributed by atoms with Gasteiger partial charge in [0.15, 0.2) is 0 Å². The minimum atomic E-state index is 0.214. The zero-order valence-corrected chi connectivity index (χ0v) is 12.6. The van der Waals surface area contributed by atoms with E-state index in [-0.39, 0.29) is 6.10 Å². The number of benzene rings is 1. The molecule has 1 heterocycles. The molecule has 0 saturated carbocycles. The molecule has 1 aromatic heterocycles. The fraction of sp³-hybridized carbons (Fsp3) is 0.412. The summed E-state index contributed by atoms with van der Waals surface area (Å²) in [5, 5.41) is 3.45. The molecule has 0 amide bonds. The Balaban J connectivity index is 1.92. The van der Waals surface area contributed by atoms with Crippen LogP contribution in [0.1, 0.15) is 32.9 Å². The van der Waals surface area contributed by atoms with Crippen molar-refractivity contribution in [3.8, 4) is 5.75 Å². The molecule has 0 saturated heterocycles. The third kappa shape index (κ3) is 4.05. The highest BCUT2D eigenvalue weighted by Crippen LogP contribution is 2.17. The van der Waals surface area contributed by atoms with Gasteiger partial charge in [0.2, 0.25) is 0 Å². The molecule has 0 aliphatic carbocycles. The predicted octanol–water partition coefficient (Wildman–Crippen LogP) is 4.30. The van der Waals surface area contributed by atoms with Gasteiger partial charge in [-0.1, -0.05) is 6.92 Å². The molecule has 0 aliphatic heterocycles. The largest absolute Gasteiger partial charge is 0.491 e. The lowest BCUT2D eigenvalue weighted by atomic mass is 10.3. The number of nitrogens with zero attached hydrogens (tertiary/aromatic N) is 1. The quantitative estimate of drug-likeness (QED) is 0.813. The van der Waals surface area contributed by atoms with E-state index in [0.29, 0.717) is 0 Å². The molecule has 2 rings (SSSR count). The van der Waals surface area contributed by atoms with Crippen LogP contribution in [-0.2, 0) is 13.1 Å². The topological polar surface area (TPSA) is 26.2 Å². The van der Waals surface area contributed by atoms with Gasteiger partial charge in [-0.2, -0.15) is 0 Å². The van der Waals surface area contributed by atoms with E-state index < -0.39 is 0 Å². The third-order valence-electron chi connectivity index (χ3n) is 3.09. The first kappa shape index (κ1) is 14.5. The summed E-state index contributed by atoms with van der Waals surface area (Å²) < 4.78 is 7.93. The molecule has 0 aliphatic rings. The lowest BCUT2D eigenvalue weighted by Crippen LogP contribution is -2.07. The predicted molar refractivity (Wildman–Crippen MR) is 84.3 cm³/mol. The molecule has 1 aromatic carbocycles. The van der Waals surface area contributed by atoms with Crippen LogP contribution in [0.3, 0.4) is 0 Å². The van der Waals surface area contributed by atoms with Crippen molar-refractivity contribution < 1.29 is 4.74 Å². The van der Waals surface area contributed by atoms with Gasteiger partial charge in [-0.15, -0.1) is 0 Å². The van der Waals surface area contributed by atoms with E-state index >= 15 is 0 Å². The van der Waals surface area contributed by atoms with Crippen molar-refractivity contribution in [1.82, 2.24) is 4.57 Å². The third-order valence-corrected chi connectivity index (χ3v) is 3.09. The van der Waals surface area contributed by atoms with Gasteiger partial charge < -0.3 is 14.6 Å². The van der Waals surface area contributed by atoms with Crippen molar-refractivity contribution in [3.05, 3.63) is 48.3 Å². The maximum Gasteiger partial charge on any atom is 0.119 e. The Kier molecular flexibility index (Phi) is 5.10. The van der Waals surface area contributed by atoms with Gasteiger partial charge in [-0.25, -0.2) is 0 Å². The van der Waals surface area contributed by atoms with Crippen LogP contribution in [0.5, 0.6) is 5.75 Å². The second-order valence-corrected chi connectivity index (χ2v) is 5.24. The zero-order valence-electron chi connectivity index (χ0n) is 12.6. The number of nitrogens with one attached hydrogen (secondary N) is 1. The molecule has 0 radical (unpaired) electrons. The lowest BCUT2D eigenvalue weighted by molar-refractivity contribution is 0.242. The van der Waals surface area contributed by atoms with Gasteiger partial charge in [0.05, 0.1) is 12.6 Å². The number of aryl methyl sites for hydroxylation is 1. The van der Waals surface area contributed by atoms with Crippen LogP contribution in [-0.4, -0.2) is 10.7 Å². The number of hydrogen-bond acceptors (Lipinski definition) is 2. The SMILES string of the molecule is CCCn1cccc1CNc1ccc(OC(C)C)cc1. The fourth-order valence-corrected chi connectivity index (χ4v) is 2.19. The molecule has 2 aromatic rings. The van der Waals surface area contributed by atoms with Gasteiger partial charge in [0.1, 0.15) is 5.75 Å². The summed E-state index contributed by atoms with van der Waals surface area (Å²) >= 11 is 0. The van der Waals surface area contributed by atoms with Crippen LogP contribution >= 0.6 is 0 Å². The van der Waals surface area contributed by atoms with Crippen LogP contribution in [0.2, 0.25) is 0 Å². The van der Waals surface area contributed by atoms with Crippen molar-refractivity contribution >= 4 is 5.69 Å².